The zero-order chi connectivity index (χ0) is 27.2. The van der Waals surface area contributed by atoms with Crippen molar-refractivity contribution in [3.8, 4) is 0 Å². The van der Waals surface area contributed by atoms with Crippen molar-refractivity contribution in [3.05, 3.63) is 136 Å². The molecule has 0 aliphatic rings. The fourth-order valence-corrected chi connectivity index (χ4v) is 4.41. The molecule has 1 heterocycles. The summed E-state index contributed by atoms with van der Waals surface area (Å²) >= 11 is 3.49. The van der Waals surface area contributed by atoms with Gasteiger partial charge in [-0.25, -0.2) is 0 Å². The molecule has 0 saturated carbocycles. The van der Waals surface area contributed by atoms with Crippen LogP contribution in [-0.4, -0.2) is 62.7 Å². The summed E-state index contributed by atoms with van der Waals surface area (Å²) in [5.41, 5.74) is 4.87. The standard InChI is InChI=1S/C17H21NO.C16H19BrN2/c1-18(2)13-14-19-17(15-9-5-3-6-10-15)16-11-7-4-8-12-16;1-19(2)12-10-15(16-5-3-4-11-18-16)13-6-8-14(17)9-7-13/h3-12,17H,13-14H2,1-2H3;3-9,11,15H,10,12H2,1-2H3. The summed E-state index contributed by atoms with van der Waals surface area (Å²) < 4.78 is 7.20. The van der Waals surface area contributed by atoms with Gasteiger partial charge >= 0.3 is 0 Å². The van der Waals surface area contributed by atoms with Gasteiger partial charge < -0.3 is 14.5 Å². The number of halogens is 1. The minimum absolute atomic E-state index is 0.0161. The Morgan fingerprint density at radius 3 is 1.71 bits per heavy atom. The quantitative estimate of drug-likeness (QED) is 0.188. The number of rotatable bonds is 11. The highest BCUT2D eigenvalue weighted by Crippen LogP contribution is 2.28. The number of aromatic nitrogens is 1. The van der Waals surface area contributed by atoms with Crippen molar-refractivity contribution < 1.29 is 4.74 Å². The highest BCUT2D eigenvalue weighted by Gasteiger charge is 2.16. The van der Waals surface area contributed by atoms with Gasteiger partial charge in [0, 0.05) is 28.8 Å². The van der Waals surface area contributed by atoms with Gasteiger partial charge in [-0.3, -0.25) is 4.98 Å². The van der Waals surface area contributed by atoms with E-state index < -0.39 is 0 Å². The Bertz CT molecular complexity index is 1110. The molecular weight excluding hydrogens is 534 g/mol. The summed E-state index contributed by atoms with van der Waals surface area (Å²) in [5.74, 6) is 0.358. The van der Waals surface area contributed by atoms with Crippen LogP contribution >= 0.6 is 15.9 Å². The third-order valence-electron chi connectivity index (χ3n) is 6.21. The zero-order valence-electron chi connectivity index (χ0n) is 23.0. The SMILES string of the molecule is CN(C)CCC(c1ccc(Br)cc1)c1ccccn1.CN(C)CCOC(c1ccccc1)c1ccccc1. The molecule has 1 unspecified atom stereocenters. The number of hydrogen-bond acceptors (Lipinski definition) is 4. The van der Waals surface area contributed by atoms with E-state index >= 15 is 0 Å². The summed E-state index contributed by atoms with van der Waals surface area (Å²) in [7, 11) is 8.33. The summed E-state index contributed by atoms with van der Waals surface area (Å²) in [6.07, 6.45) is 2.96. The molecule has 4 nitrogen and oxygen atoms in total. The Kier molecular flexibility index (Phi) is 12.7. The van der Waals surface area contributed by atoms with Crippen molar-refractivity contribution in [2.45, 2.75) is 18.4 Å². The summed E-state index contributed by atoms with van der Waals surface area (Å²) in [5, 5.41) is 0. The highest BCUT2D eigenvalue weighted by molar-refractivity contribution is 9.10. The van der Waals surface area contributed by atoms with Crippen LogP contribution in [0.2, 0.25) is 0 Å². The lowest BCUT2D eigenvalue weighted by Gasteiger charge is -2.20. The van der Waals surface area contributed by atoms with Crippen molar-refractivity contribution in [2.75, 3.05) is 47.9 Å². The second-order valence-electron chi connectivity index (χ2n) is 9.83. The molecule has 5 heteroatoms. The smallest absolute Gasteiger partial charge is 0.108 e. The van der Waals surface area contributed by atoms with E-state index in [0.717, 1.165) is 36.3 Å². The van der Waals surface area contributed by atoms with Crippen LogP contribution in [0.3, 0.4) is 0 Å². The van der Waals surface area contributed by atoms with Gasteiger partial charge in [0.25, 0.3) is 0 Å². The van der Waals surface area contributed by atoms with Crippen LogP contribution in [0.25, 0.3) is 0 Å². The third kappa shape index (κ3) is 10.1. The van der Waals surface area contributed by atoms with Crippen molar-refractivity contribution in [3.63, 3.8) is 0 Å². The zero-order valence-corrected chi connectivity index (χ0v) is 24.6. The lowest BCUT2D eigenvalue weighted by Crippen LogP contribution is -2.20. The van der Waals surface area contributed by atoms with E-state index in [1.165, 1.54) is 16.7 Å². The number of ether oxygens (including phenoxy) is 1. The number of likely N-dealkylation sites (N-methyl/N-ethyl adjacent to an activating group) is 1. The largest absolute Gasteiger partial charge is 0.367 e. The van der Waals surface area contributed by atoms with Crippen LogP contribution < -0.4 is 0 Å². The van der Waals surface area contributed by atoms with E-state index in [1.54, 1.807) is 0 Å². The molecule has 0 spiro atoms. The third-order valence-corrected chi connectivity index (χ3v) is 6.74. The van der Waals surface area contributed by atoms with E-state index in [-0.39, 0.29) is 6.10 Å². The van der Waals surface area contributed by atoms with E-state index in [9.17, 15) is 0 Å². The highest BCUT2D eigenvalue weighted by atomic mass is 79.9. The maximum atomic E-state index is 6.08. The second kappa shape index (κ2) is 16.2. The molecular formula is C33H40BrN3O. The Morgan fingerprint density at radius 1 is 0.658 bits per heavy atom. The number of nitrogens with zero attached hydrogens (tertiary/aromatic N) is 3. The number of benzene rings is 3. The van der Waals surface area contributed by atoms with Crippen LogP contribution in [0.15, 0.2) is 114 Å². The van der Waals surface area contributed by atoms with Crippen LogP contribution in [0, 0.1) is 0 Å². The predicted molar refractivity (Wildman–Crippen MR) is 163 cm³/mol. The fraction of sp³-hybridized carbons (Fsp3) is 0.303. The number of hydrogen-bond donors (Lipinski definition) is 0. The van der Waals surface area contributed by atoms with Crippen molar-refractivity contribution in [2.24, 2.45) is 0 Å². The van der Waals surface area contributed by atoms with E-state index in [2.05, 4.69) is 144 Å². The molecule has 1 aromatic heterocycles. The second-order valence-corrected chi connectivity index (χ2v) is 10.7. The van der Waals surface area contributed by atoms with Gasteiger partial charge in [-0.1, -0.05) is 94.8 Å². The molecule has 0 radical (unpaired) electrons. The van der Waals surface area contributed by atoms with Crippen LogP contribution in [0.5, 0.6) is 0 Å². The lowest BCUT2D eigenvalue weighted by atomic mass is 9.92. The maximum absolute atomic E-state index is 6.08. The first kappa shape index (κ1) is 29.7. The van der Waals surface area contributed by atoms with Gasteiger partial charge in [0.05, 0.1) is 6.61 Å². The van der Waals surface area contributed by atoms with Gasteiger partial charge in [0.15, 0.2) is 0 Å². The Hall–Kier alpha value is -2.83. The molecule has 3 aromatic carbocycles. The Labute approximate surface area is 237 Å². The van der Waals surface area contributed by atoms with Crippen molar-refractivity contribution >= 4 is 15.9 Å². The van der Waals surface area contributed by atoms with Gasteiger partial charge in [-0.2, -0.15) is 0 Å². The average Bonchev–Trinajstić information content (AvgIpc) is 2.94. The van der Waals surface area contributed by atoms with Crippen LogP contribution in [0.1, 0.15) is 40.8 Å². The van der Waals surface area contributed by atoms with Gasteiger partial charge in [0.1, 0.15) is 6.10 Å². The predicted octanol–water partition coefficient (Wildman–Crippen LogP) is 7.28. The van der Waals surface area contributed by atoms with Gasteiger partial charge in [-0.15, -0.1) is 0 Å². The summed E-state index contributed by atoms with van der Waals surface area (Å²) in [4.78, 5) is 8.87. The molecule has 1 atom stereocenters. The molecule has 4 rings (SSSR count). The minimum Gasteiger partial charge on any atom is -0.367 e. The first-order valence-corrected chi connectivity index (χ1v) is 13.9. The van der Waals surface area contributed by atoms with E-state index in [1.807, 2.05) is 24.4 Å². The average molecular weight is 575 g/mol. The van der Waals surface area contributed by atoms with Crippen LogP contribution in [0.4, 0.5) is 0 Å². The molecule has 4 aromatic rings. The molecule has 200 valence electrons. The number of pyridine rings is 1. The Morgan fingerprint density at radius 2 is 1.21 bits per heavy atom. The van der Waals surface area contributed by atoms with Crippen molar-refractivity contribution in [1.29, 1.82) is 0 Å². The summed E-state index contributed by atoms with van der Waals surface area (Å²) in [6.45, 7) is 2.70. The van der Waals surface area contributed by atoms with Gasteiger partial charge in [-0.05, 0) is 82.1 Å². The van der Waals surface area contributed by atoms with Gasteiger partial charge in [0.2, 0.25) is 0 Å². The minimum atomic E-state index is 0.0161. The molecule has 0 N–H and O–H groups in total. The fourth-order valence-electron chi connectivity index (χ4n) is 4.14. The molecule has 0 aliphatic carbocycles. The molecule has 38 heavy (non-hydrogen) atoms. The topological polar surface area (TPSA) is 28.6 Å². The lowest BCUT2D eigenvalue weighted by molar-refractivity contribution is 0.0687. The first-order chi connectivity index (χ1) is 18.4. The summed E-state index contributed by atoms with van der Waals surface area (Å²) in [6, 6.07) is 35.5. The molecule has 0 saturated heterocycles. The first-order valence-electron chi connectivity index (χ1n) is 13.1. The normalized spacial score (nSPS) is 11.9. The van der Waals surface area contributed by atoms with E-state index in [0.29, 0.717) is 5.92 Å². The molecule has 0 amide bonds. The van der Waals surface area contributed by atoms with Crippen LogP contribution in [-0.2, 0) is 4.74 Å². The maximum Gasteiger partial charge on any atom is 0.108 e. The molecule has 0 bridgehead atoms. The molecule has 0 aliphatic heterocycles. The monoisotopic (exact) mass is 573 g/mol. The van der Waals surface area contributed by atoms with Crippen molar-refractivity contribution in [1.82, 2.24) is 14.8 Å². The Balaban J connectivity index is 0.000000211. The van der Waals surface area contributed by atoms with E-state index in [4.69, 9.17) is 4.74 Å². The molecule has 0 fully saturated rings.